The number of aryl methyl sites for hydroxylation is 2. The Kier molecular flexibility index (Phi) is 6.43. The predicted molar refractivity (Wildman–Crippen MR) is 107 cm³/mol. The number of hydrogen-bond donors (Lipinski definition) is 1. The van der Waals surface area contributed by atoms with E-state index < -0.39 is 15.9 Å². The fourth-order valence-corrected chi connectivity index (χ4v) is 3.68. The van der Waals surface area contributed by atoms with Crippen molar-refractivity contribution in [1.29, 1.82) is 0 Å². The van der Waals surface area contributed by atoms with Gasteiger partial charge in [0.1, 0.15) is 9.84 Å². The third kappa shape index (κ3) is 5.17. The number of para-hydroxylation sites is 1. The van der Waals surface area contributed by atoms with Crippen molar-refractivity contribution in [1.82, 2.24) is 14.7 Å². The molecule has 0 fully saturated rings. The van der Waals surface area contributed by atoms with Gasteiger partial charge in [-0.2, -0.15) is 5.10 Å². The molecule has 1 atom stereocenters. The first kappa shape index (κ1) is 21.1. The van der Waals surface area contributed by atoms with Gasteiger partial charge in [0.25, 0.3) is 0 Å². The molecule has 0 saturated heterocycles. The smallest absolute Gasteiger partial charge is 0.239 e. The standard InChI is InChI=1S/C19H28N4O3S/c1-13-8-6-7-9-18(13)23-15(3)16(14(2)21-23)12-22(4)19(24)17(20)10-11-27(5,25)26/h6-9,17H,10-12,20H2,1-5H3. The SMILES string of the molecule is Cc1ccccc1-n1nc(C)c(CN(C)C(=O)C(N)CCS(C)(=O)=O)c1C. The number of hydrogen-bond acceptors (Lipinski definition) is 5. The second kappa shape index (κ2) is 8.22. The Bertz CT molecular complexity index is 934. The Balaban J connectivity index is 2.18. The molecule has 0 bridgehead atoms. The number of sulfone groups is 1. The van der Waals surface area contributed by atoms with E-state index in [2.05, 4.69) is 5.10 Å². The lowest BCUT2D eigenvalue weighted by atomic mass is 10.1. The van der Waals surface area contributed by atoms with E-state index in [0.717, 1.165) is 34.5 Å². The highest BCUT2D eigenvalue weighted by molar-refractivity contribution is 7.90. The van der Waals surface area contributed by atoms with Gasteiger partial charge in [0.15, 0.2) is 0 Å². The van der Waals surface area contributed by atoms with Crippen molar-refractivity contribution in [3.05, 3.63) is 46.8 Å². The molecule has 0 aliphatic carbocycles. The molecule has 1 amide bonds. The molecule has 2 rings (SSSR count). The van der Waals surface area contributed by atoms with Crippen LogP contribution in [-0.4, -0.2) is 54.1 Å². The molecule has 0 saturated carbocycles. The van der Waals surface area contributed by atoms with Gasteiger partial charge in [0.2, 0.25) is 5.91 Å². The number of carbonyl (C=O) groups is 1. The van der Waals surface area contributed by atoms with Gasteiger partial charge < -0.3 is 10.6 Å². The van der Waals surface area contributed by atoms with Gasteiger partial charge in [-0.1, -0.05) is 18.2 Å². The van der Waals surface area contributed by atoms with Gasteiger partial charge in [-0.3, -0.25) is 4.79 Å². The second-order valence-electron chi connectivity index (χ2n) is 7.07. The van der Waals surface area contributed by atoms with Gasteiger partial charge in [-0.25, -0.2) is 13.1 Å². The van der Waals surface area contributed by atoms with E-state index in [0.29, 0.717) is 6.54 Å². The summed E-state index contributed by atoms with van der Waals surface area (Å²) in [5, 5.41) is 4.64. The van der Waals surface area contributed by atoms with Crippen molar-refractivity contribution < 1.29 is 13.2 Å². The molecule has 1 aromatic heterocycles. The van der Waals surface area contributed by atoms with Gasteiger partial charge in [0.05, 0.1) is 23.2 Å². The summed E-state index contributed by atoms with van der Waals surface area (Å²) < 4.78 is 24.5. The van der Waals surface area contributed by atoms with Crippen molar-refractivity contribution in [3.8, 4) is 5.69 Å². The van der Waals surface area contributed by atoms with Crippen LogP contribution in [0.2, 0.25) is 0 Å². The number of amides is 1. The van der Waals surface area contributed by atoms with Crippen LogP contribution in [0.1, 0.15) is 28.9 Å². The molecule has 2 aromatic rings. The van der Waals surface area contributed by atoms with E-state index in [9.17, 15) is 13.2 Å². The normalized spacial score (nSPS) is 12.8. The van der Waals surface area contributed by atoms with Crippen molar-refractivity contribution in [2.45, 2.75) is 39.8 Å². The van der Waals surface area contributed by atoms with Gasteiger partial charge in [0, 0.05) is 31.1 Å². The van der Waals surface area contributed by atoms with E-state index >= 15 is 0 Å². The first-order valence-electron chi connectivity index (χ1n) is 8.80. The molecule has 1 aromatic carbocycles. The quantitative estimate of drug-likeness (QED) is 0.770. The maximum absolute atomic E-state index is 12.5. The van der Waals surface area contributed by atoms with Crippen LogP contribution in [0, 0.1) is 20.8 Å². The molecule has 1 unspecified atom stereocenters. The number of benzene rings is 1. The summed E-state index contributed by atoms with van der Waals surface area (Å²) in [7, 11) is -1.47. The molecular formula is C19H28N4O3S. The maximum atomic E-state index is 12.5. The second-order valence-corrected chi connectivity index (χ2v) is 9.33. The van der Waals surface area contributed by atoms with Gasteiger partial charge in [-0.15, -0.1) is 0 Å². The largest absolute Gasteiger partial charge is 0.340 e. The molecule has 0 radical (unpaired) electrons. The first-order valence-corrected chi connectivity index (χ1v) is 10.9. The zero-order valence-electron chi connectivity index (χ0n) is 16.6. The topological polar surface area (TPSA) is 98.3 Å². The Labute approximate surface area is 161 Å². The van der Waals surface area contributed by atoms with E-state index in [1.165, 1.54) is 4.90 Å². The first-order chi connectivity index (χ1) is 12.5. The van der Waals surface area contributed by atoms with Gasteiger partial charge in [-0.05, 0) is 38.8 Å². The molecular weight excluding hydrogens is 364 g/mol. The average Bonchev–Trinajstić information content (AvgIpc) is 2.86. The summed E-state index contributed by atoms with van der Waals surface area (Å²) in [6.45, 7) is 6.29. The van der Waals surface area contributed by atoms with Crippen LogP contribution in [0.3, 0.4) is 0 Å². The number of nitrogens with zero attached hydrogens (tertiary/aromatic N) is 3. The lowest BCUT2D eigenvalue weighted by Gasteiger charge is -2.21. The number of likely N-dealkylation sites (N-methyl/N-ethyl adjacent to an activating group) is 1. The van der Waals surface area contributed by atoms with Crippen LogP contribution >= 0.6 is 0 Å². The monoisotopic (exact) mass is 392 g/mol. The number of nitrogens with two attached hydrogens (primary N) is 1. The molecule has 7 nitrogen and oxygen atoms in total. The van der Waals surface area contributed by atoms with E-state index in [1.54, 1.807) is 7.05 Å². The molecule has 2 N–H and O–H groups in total. The summed E-state index contributed by atoms with van der Waals surface area (Å²) in [5.74, 6) is -0.377. The summed E-state index contributed by atoms with van der Waals surface area (Å²) in [6.07, 6.45) is 1.25. The fraction of sp³-hybridized carbons (Fsp3) is 0.474. The average molecular weight is 393 g/mol. The number of aromatic nitrogens is 2. The van der Waals surface area contributed by atoms with Crippen molar-refractivity contribution in [2.24, 2.45) is 5.73 Å². The zero-order valence-corrected chi connectivity index (χ0v) is 17.4. The van der Waals surface area contributed by atoms with Crippen LogP contribution in [0.5, 0.6) is 0 Å². The van der Waals surface area contributed by atoms with Crippen LogP contribution in [0.25, 0.3) is 5.69 Å². The molecule has 0 spiro atoms. The van der Waals surface area contributed by atoms with Crippen LogP contribution < -0.4 is 5.73 Å². The minimum absolute atomic E-state index is 0.100. The minimum atomic E-state index is -3.15. The zero-order chi connectivity index (χ0) is 20.4. The molecule has 8 heteroatoms. The van der Waals surface area contributed by atoms with Crippen molar-refractivity contribution in [3.63, 3.8) is 0 Å². The fourth-order valence-electron chi connectivity index (χ4n) is 3.00. The molecule has 27 heavy (non-hydrogen) atoms. The highest BCUT2D eigenvalue weighted by atomic mass is 32.2. The number of rotatable bonds is 7. The Morgan fingerprint density at radius 3 is 2.48 bits per heavy atom. The Morgan fingerprint density at radius 2 is 1.89 bits per heavy atom. The van der Waals surface area contributed by atoms with E-state index in [-0.39, 0.29) is 18.1 Å². The highest BCUT2D eigenvalue weighted by Gasteiger charge is 2.22. The summed E-state index contributed by atoms with van der Waals surface area (Å²) >= 11 is 0. The van der Waals surface area contributed by atoms with Crippen molar-refractivity contribution >= 4 is 15.7 Å². The Hall–Kier alpha value is -2.19. The van der Waals surface area contributed by atoms with E-state index in [4.69, 9.17) is 5.73 Å². The lowest BCUT2D eigenvalue weighted by molar-refractivity contribution is -0.131. The third-order valence-electron chi connectivity index (χ3n) is 4.67. The summed E-state index contributed by atoms with van der Waals surface area (Å²) in [6, 6.07) is 7.15. The van der Waals surface area contributed by atoms with Crippen molar-refractivity contribution in [2.75, 3.05) is 19.1 Å². The molecule has 0 aliphatic rings. The third-order valence-corrected chi connectivity index (χ3v) is 5.65. The van der Waals surface area contributed by atoms with Crippen LogP contribution in [-0.2, 0) is 21.2 Å². The highest BCUT2D eigenvalue weighted by Crippen LogP contribution is 2.21. The van der Waals surface area contributed by atoms with Crippen LogP contribution in [0.4, 0.5) is 0 Å². The molecule has 148 valence electrons. The predicted octanol–water partition coefficient (Wildman–Crippen LogP) is 1.52. The van der Waals surface area contributed by atoms with Gasteiger partial charge >= 0.3 is 0 Å². The van der Waals surface area contributed by atoms with Crippen LogP contribution in [0.15, 0.2) is 24.3 Å². The molecule has 1 heterocycles. The van der Waals surface area contributed by atoms with E-state index in [1.807, 2.05) is 49.7 Å². The maximum Gasteiger partial charge on any atom is 0.239 e. The lowest BCUT2D eigenvalue weighted by Crippen LogP contribution is -2.42. The minimum Gasteiger partial charge on any atom is -0.340 e. The molecule has 0 aliphatic heterocycles. The Morgan fingerprint density at radius 1 is 1.26 bits per heavy atom. The summed E-state index contributed by atoms with van der Waals surface area (Å²) in [4.78, 5) is 14.0. The summed E-state index contributed by atoms with van der Waals surface area (Å²) in [5.41, 5.74) is 10.8. The number of carbonyl (C=O) groups excluding carboxylic acids is 1.